The van der Waals surface area contributed by atoms with Gasteiger partial charge in [0.2, 0.25) is 11.8 Å². The van der Waals surface area contributed by atoms with Gasteiger partial charge in [0.1, 0.15) is 18.7 Å². The van der Waals surface area contributed by atoms with Crippen LogP contribution in [0.5, 0.6) is 0 Å². The van der Waals surface area contributed by atoms with Crippen molar-refractivity contribution in [2.75, 3.05) is 6.54 Å². The number of unbranched alkanes of at least 4 members (excludes halogenated alkanes) is 5. The Labute approximate surface area is 179 Å². The van der Waals surface area contributed by atoms with Gasteiger partial charge in [-0.15, -0.1) is 0 Å². The summed E-state index contributed by atoms with van der Waals surface area (Å²) < 4.78 is 5.37. The SMILES string of the molecule is CCCCCCCC[C@@H](NC(=O)[C@H]1CCCN1C(=O)OCc1ccccc1)C(N)=O. The molecule has 0 aromatic heterocycles. The van der Waals surface area contributed by atoms with Crippen molar-refractivity contribution in [3.63, 3.8) is 0 Å². The Hall–Kier alpha value is -2.57. The van der Waals surface area contributed by atoms with E-state index in [0.717, 1.165) is 31.2 Å². The fourth-order valence-corrected chi connectivity index (χ4v) is 3.74. The summed E-state index contributed by atoms with van der Waals surface area (Å²) in [5.74, 6) is -0.868. The Morgan fingerprint density at radius 1 is 1.13 bits per heavy atom. The molecule has 3 amide bonds. The number of hydrogen-bond acceptors (Lipinski definition) is 4. The Morgan fingerprint density at radius 2 is 1.83 bits per heavy atom. The molecule has 0 spiro atoms. The summed E-state index contributed by atoms with van der Waals surface area (Å²) in [4.78, 5) is 38.5. The fourth-order valence-electron chi connectivity index (χ4n) is 3.74. The fraction of sp³-hybridized carbons (Fsp3) is 0.609. The van der Waals surface area contributed by atoms with Crippen LogP contribution in [0.2, 0.25) is 0 Å². The number of carbonyl (C=O) groups is 3. The Morgan fingerprint density at radius 3 is 2.53 bits per heavy atom. The number of nitrogens with zero attached hydrogens (tertiary/aromatic N) is 1. The number of ether oxygens (including phenoxy) is 1. The highest BCUT2D eigenvalue weighted by Crippen LogP contribution is 2.20. The molecular weight excluding hydrogens is 382 g/mol. The van der Waals surface area contributed by atoms with E-state index >= 15 is 0 Å². The van der Waals surface area contributed by atoms with Crippen molar-refractivity contribution in [3.8, 4) is 0 Å². The predicted molar refractivity (Wildman–Crippen MR) is 115 cm³/mol. The minimum absolute atomic E-state index is 0.159. The average molecular weight is 418 g/mol. The van der Waals surface area contributed by atoms with Crippen molar-refractivity contribution in [1.82, 2.24) is 10.2 Å². The molecule has 166 valence electrons. The van der Waals surface area contributed by atoms with Gasteiger partial charge in [-0.2, -0.15) is 0 Å². The molecule has 0 unspecified atom stereocenters. The average Bonchev–Trinajstić information content (AvgIpc) is 3.24. The maximum Gasteiger partial charge on any atom is 0.410 e. The lowest BCUT2D eigenvalue weighted by Crippen LogP contribution is -2.52. The van der Waals surface area contributed by atoms with E-state index in [2.05, 4.69) is 12.2 Å². The van der Waals surface area contributed by atoms with Crippen LogP contribution in [0.3, 0.4) is 0 Å². The lowest BCUT2D eigenvalue weighted by molar-refractivity contribution is -0.130. The number of nitrogens with one attached hydrogen (secondary N) is 1. The number of carbonyl (C=O) groups excluding carboxylic acids is 3. The summed E-state index contributed by atoms with van der Waals surface area (Å²) in [5, 5.41) is 2.76. The number of likely N-dealkylation sites (tertiary alicyclic amines) is 1. The normalized spacial score (nSPS) is 16.8. The van der Waals surface area contributed by atoms with Crippen LogP contribution < -0.4 is 11.1 Å². The van der Waals surface area contributed by atoms with Crippen LogP contribution in [0, 0.1) is 0 Å². The molecule has 7 heteroatoms. The number of hydrogen-bond donors (Lipinski definition) is 2. The third-order valence-electron chi connectivity index (χ3n) is 5.50. The lowest BCUT2D eigenvalue weighted by atomic mass is 10.0. The van der Waals surface area contributed by atoms with Crippen molar-refractivity contribution in [3.05, 3.63) is 35.9 Å². The van der Waals surface area contributed by atoms with Gasteiger partial charge in [0.05, 0.1) is 0 Å². The first-order valence-electron chi connectivity index (χ1n) is 11.1. The summed E-state index contributed by atoms with van der Waals surface area (Å²) in [6.07, 6.45) is 7.85. The number of amides is 3. The molecule has 1 aliphatic rings. The van der Waals surface area contributed by atoms with Crippen molar-refractivity contribution >= 4 is 17.9 Å². The van der Waals surface area contributed by atoms with Crippen LogP contribution in [-0.4, -0.2) is 41.4 Å². The molecule has 3 N–H and O–H groups in total. The molecular formula is C23H35N3O4. The predicted octanol–water partition coefficient (Wildman–Crippen LogP) is 3.51. The number of benzene rings is 1. The second kappa shape index (κ2) is 12.9. The van der Waals surface area contributed by atoms with Crippen molar-refractivity contribution in [1.29, 1.82) is 0 Å². The number of primary amides is 1. The molecule has 1 fully saturated rings. The maximum atomic E-state index is 12.8. The summed E-state index contributed by atoms with van der Waals surface area (Å²) >= 11 is 0. The van der Waals surface area contributed by atoms with Gasteiger partial charge in [0.15, 0.2) is 0 Å². The highest BCUT2D eigenvalue weighted by molar-refractivity contribution is 5.91. The molecule has 7 nitrogen and oxygen atoms in total. The van der Waals surface area contributed by atoms with E-state index in [9.17, 15) is 14.4 Å². The van der Waals surface area contributed by atoms with Gasteiger partial charge in [0.25, 0.3) is 0 Å². The van der Waals surface area contributed by atoms with Crippen LogP contribution in [0.1, 0.15) is 70.3 Å². The lowest BCUT2D eigenvalue weighted by Gasteiger charge is -2.25. The van der Waals surface area contributed by atoms with Gasteiger partial charge in [-0.1, -0.05) is 75.8 Å². The van der Waals surface area contributed by atoms with Gasteiger partial charge >= 0.3 is 6.09 Å². The third-order valence-corrected chi connectivity index (χ3v) is 5.50. The zero-order valence-electron chi connectivity index (χ0n) is 18.0. The minimum atomic E-state index is -0.702. The highest BCUT2D eigenvalue weighted by atomic mass is 16.6. The topological polar surface area (TPSA) is 102 Å². The van der Waals surface area contributed by atoms with Crippen LogP contribution in [0.15, 0.2) is 30.3 Å². The molecule has 2 rings (SSSR count). The van der Waals surface area contributed by atoms with Crippen LogP contribution >= 0.6 is 0 Å². The molecule has 0 saturated carbocycles. The highest BCUT2D eigenvalue weighted by Gasteiger charge is 2.36. The van der Waals surface area contributed by atoms with Crippen LogP contribution in [-0.2, 0) is 20.9 Å². The van der Waals surface area contributed by atoms with Gasteiger partial charge < -0.3 is 15.8 Å². The van der Waals surface area contributed by atoms with Gasteiger partial charge in [-0.25, -0.2) is 4.79 Å². The summed E-state index contributed by atoms with van der Waals surface area (Å²) in [6.45, 7) is 2.79. The molecule has 1 aliphatic heterocycles. The zero-order chi connectivity index (χ0) is 21.8. The molecule has 0 bridgehead atoms. The van der Waals surface area contributed by atoms with Gasteiger partial charge in [0, 0.05) is 6.54 Å². The van der Waals surface area contributed by atoms with Crippen molar-refractivity contribution in [2.45, 2.75) is 83.4 Å². The second-order valence-electron chi connectivity index (χ2n) is 7.91. The van der Waals surface area contributed by atoms with E-state index < -0.39 is 24.1 Å². The summed E-state index contributed by atoms with van der Waals surface area (Å²) in [7, 11) is 0. The molecule has 2 atom stereocenters. The second-order valence-corrected chi connectivity index (χ2v) is 7.91. The van der Waals surface area contributed by atoms with Gasteiger partial charge in [-0.05, 0) is 24.8 Å². The first-order valence-corrected chi connectivity index (χ1v) is 11.1. The van der Waals surface area contributed by atoms with Crippen LogP contribution in [0.25, 0.3) is 0 Å². The summed E-state index contributed by atoms with van der Waals surface area (Å²) in [5.41, 5.74) is 6.38. The third kappa shape index (κ3) is 7.69. The maximum absolute atomic E-state index is 12.8. The first kappa shape index (κ1) is 23.7. The Bertz CT molecular complexity index is 680. The van der Waals surface area contributed by atoms with E-state index in [-0.39, 0.29) is 12.5 Å². The number of nitrogens with two attached hydrogens (primary N) is 1. The number of rotatable bonds is 12. The van der Waals surface area contributed by atoms with Crippen molar-refractivity contribution in [2.24, 2.45) is 5.73 Å². The van der Waals surface area contributed by atoms with E-state index in [1.807, 2.05) is 30.3 Å². The molecule has 1 saturated heterocycles. The smallest absolute Gasteiger partial charge is 0.410 e. The monoisotopic (exact) mass is 417 g/mol. The Balaban J connectivity index is 1.82. The van der Waals surface area contributed by atoms with E-state index in [4.69, 9.17) is 10.5 Å². The molecule has 1 aromatic carbocycles. The molecule has 1 heterocycles. The zero-order valence-corrected chi connectivity index (χ0v) is 18.0. The molecule has 30 heavy (non-hydrogen) atoms. The van der Waals surface area contributed by atoms with Crippen molar-refractivity contribution < 1.29 is 19.1 Å². The standard InChI is InChI=1S/C23H35N3O4/c1-2-3-4-5-6-10-14-19(21(24)27)25-22(28)20-15-11-16-26(20)23(29)30-17-18-12-8-7-9-13-18/h7-9,12-13,19-20H,2-6,10-11,14-17H2,1H3,(H2,24,27)(H,25,28)/t19-,20-/m1/s1. The molecule has 1 aromatic rings. The van der Waals surface area contributed by atoms with Gasteiger partial charge in [-0.3, -0.25) is 14.5 Å². The summed E-state index contributed by atoms with van der Waals surface area (Å²) in [6, 6.07) is 8.08. The van der Waals surface area contributed by atoms with Crippen LogP contribution in [0.4, 0.5) is 4.79 Å². The van der Waals surface area contributed by atoms with E-state index in [0.29, 0.717) is 19.4 Å². The largest absolute Gasteiger partial charge is 0.445 e. The minimum Gasteiger partial charge on any atom is -0.445 e. The quantitative estimate of drug-likeness (QED) is 0.508. The first-order chi connectivity index (χ1) is 14.5. The molecule has 0 aliphatic carbocycles. The van der Waals surface area contributed by atoms with E-state index in [1.165, 1.54) is 24.2 Å². The Kier molecular flexibility index (Phi) is 10.2. The van der Waals surface area contributed by atoms with E-state index in [1.54, 1.807) is 0 Å². The molecule has 0 radical (unpaired) electrons.